The van der Waals surface area contributed by atoms with Crippen LogP contribution >= 0.6 is 0 Å². The summed E-state index contributed by atoms with van der Waals surface area (Å²) in [5.74, 6) is -3.91. The number of halogens is 3. The normalized spacial score (nSPS) is 12.5. The van der Waals surface area contributed by atoms with Gasteiger partial charge in [0.1, 0.15) is 17.5 Å². The van der Waals surface area contributed by atoms with Gasteiger partial charge in [0, 0.05) is 29.1 Å². The maximum absolute atomic E-state index is 14.1. The van der Waals surface area contributed by atoms with Crippen molar-refractivity contribution in [1.82, 2.24) is 4.98 Å². The molecule has 0 fully saturated rings. The molecule has 0 aliphatic carbocycles. The summed E-state index contributed by atoms with van der Waals surface area (Å²) in [6.07, 6.45) is 1.16. The molecule has 6 heteroatoms. The summed E-state index contributed by atoms with van der Waals surface area (Å²) < 4.78 is 40.5. The van der Waals surface area contributed by atoms with Gasteiger partial charge in [-0.15, -0.1) is 0 Å². The molecule has 0 amide bonds. The molecule has 2 aromatic carbocycles. The predicted octanol–water partition coefficient (Wildman–Crippen LogP) is 4.19. The van der Waals surface area contributed by atoms with E-state index < -0.39 is 29.3 Å². The molecular weight excluding hydrogens is 307 g/mol. The SMILES string of the molecule is O=C(O)CC(c1ccc(F)cc1F)c1c[nH]c2cc(F)ccc12. The highest BCUT2D eigenvalue weighted by Gasteiger charge is 2.24. The van der Waals surface area contributed by atoms with Crippen LogP contribution in [0.1, 0.15) is 23.5 Å². The second kappa shape index (κ2) is 5.79. The van der Waals surface area contributed by atoms with Gasteiger partial charge in [0.15, 0.2) is 0 Å². The molecule has 3 rings (SSSR count). The monoisotopic (exact) mass is 319 g/mol. The van der Waals surface area contributed by atoms with Crippen LogP contribution in [0.5, 0.6) is 0 Å². The zero-order valence-corrected chi connectivity index (χ0v) is 11.8. The minimum absolute atomic E-state index is 0.0824. The van der Waals surface area contributed by atoms with Crippen molar-refractivity contribution >= 4 is 16.9 Å². The van der Waals surface area contributed by atoms with Gasteiger partial charge in [0.05, 0.1) is 6.42 Å². The molecule has 0 saturated heterocycles. The summed E-state index contributed by atoms with van der Waals surface area (Å²) in [7, 11) is 0. The van der Waals surface area contributed by atoms with Crippen LogP contribution in [0.4, 0.5) is 13.2 Å². The molecule has 0 bridgehead atoms. The van der Waals surface area contributed by atoms with Gasteiger partial charge in [-0.2, -0.15) is 0 Å². The molecule has 0 aliphatic rings. The summed E-state index contributed by atoms with van der Waals surface area (Å²) in [5, 5.41) is 9.74. The molecule has 1 atom stereocenters. The number of carboxylic acid groups (broad SMARTS) is 1. The van der Waals surface area contributed by atoms with E-state index in [1.54, 1.807) is 0 Å². The van der Waals surface area contributed by atoms with Crippen LogP contribution < -0.4 is 0 Å². The number of aliphatic carboxylic acids is 1. The Kier molecular flexibility index (Phi) is 3.82. The van der Waals surface area contributed by atoms with E-state index in [0.717, 1.165) is 12.1 Å². The first kappa shape index (κ1) is 15.1. The molecule has 1 aromatic heterocycles. The van der Waals surface area contributed by atoms with E-state index in [9.17, 15) is 18.0 Å². The quantitative estimate of drug-likeness (QED) is 0.757. The Labute approximate surface area is 129 Å². The standard InChI is InChI=1S/C17H12F3NO2/c18-9-1-3-11(15(20)5-9)13(7-17(22)23)14-8-21-16-6-10(19)2-4-12(14)16/h1-6,8,13,21H,7H2,(H,22,23). The fourth-order valence-electron chi connectivity index (χ4n) is 2.76. The minimum Gasteiger partial charge on any atom is -0.481 e. The minimum atomic E-state index is -1.12. The van der Waals surface area contributed by atoms with Crippen molar-refractivity contribution in [1.29, 1.82) is 0 Å². The van der Waals surface area contributed by atoms with E-state index in [1.807, 2.05) is 0 Å². The summed E-state index contributed by atoms with van der Waals surface area (Å²) in [6, 6.07) is 7.07. The van der Waals surface area contributed by atoms with Crippen molar-refractivity contribution in [3.05, 3.63) is 71.2 Å². The number of hydrogen-bond donors (Lipinski definition) is 2. The average molecular weight is 319 g/mol. The Morgan fingerprint density at radius 2 is 1.74 bits per heavy atom. The fourth-order valence-corrected chi connectivity index (χ4v) is 2.76. The van der Waals surface area contributed by atoms with Crippen LogP contribution in [-0.4, -0.2) is 16.1 Å². The van der Waals surface area contributed by atoms with Crippen molar-refractivity contribution in [2.45, 2.75) is 12.3 Å². The first-order valence-corrected chi connectivity index (χ1v) is 6.89. The molecule has 0 radical (unpaired) electrons. The predicted molar refractivity (Wildman–Crippen MR) is 78.7 cm³/mol. The molecule has 23 heavy (non-hydrogen) atoms. The third kappa shape index (κ3) is 2.92. The van der Waals surface area contributed by atoms with Crippen LogP contribution in [0.3, 0.4) is 0 Å². The number of hydrogen-bond acceptors (Lipinski definition) is 1. The lowest BCUT2D eigenvalue weighted by Crippen LogP contribution is -2.09. The van der Waals surface area contributed by atoms with Gasteiger partial charge in [-0.3, -0.25) is 4.79 Å². The van der Waals surface area contributed by atoms with Crippen LogP contribution in [-0.2, 0) is 4.79 Å². The maximum atomic E-state index is 14.1. The van der Waals surface area contributed by atoms with Crippen molar-refractivity contribution in [2.24, 2.45) is 0 Å². The lowest BCUT2D eigenvalue weighted by atomic mass is 9.88. The first-order valence-electron chi connectivity index (χ1n) is 6.89. The number of fused-ring (bicyclic) bond motifs is 1. The summed E-state index contributed by atoms with van der Waals surface area (Å²) in [6.45, 7) is 0. The van der Waals surface area contributed by atoms with Crippen molar-refractivity contribution in [3.63, 3.8) is 0 Å². The Balaban J connectivity index is 2.16. The van der Waals surface area contributed by atoms with Gasteiger partial charge in [0.25, 0.3) is 0 Å². The van der Waals surface area contributed by atoms with E-state index in [-0.39, 0.29) is 12.0 Å². The fraction of sp³-hybridized carbons (Fsp3) is 0.118. The average Bonchev–Trinajstić information content (AvgIpc) is 2.87. The number of rotatable bonds is 4. The molecule has 0 saturated carbocycles. The Hall–Kier alpha value is -2.76. The smallest absolute Gasteiger partial charge is 0.304 e. The molecule has 0 aliphatic heterocycles. The third-order valence-corrected chi connectivity index (χ3v) is 3.77. The Bertz CT molecular complexity index is 889. The van der Waals surface area contributed by atoms with Gasteiger partial charge in [0.2, 0.25) is 0 Å². The largest absolute Gasteiger partial charge is 0.481 e. The molecule has 3 nitrogen and oxygen atoms in total. The Morgan fingerprint density at radius 3 is 2.43 bits per heavy atom. The number of aromatic nitrogens is 1. The van der Waals surface area contributed by atoms with E-state index in [0.29, 0.717) is 16.5 Å². The van der Waals surface area contributed by atoms with Gasteiger partial charge < -0.3 is 10.1 Å². The van der Waals surface area contributed by atoms with E-state index >= 15 is 0 Å². The summed E-state index contributed by atoms with van der Waals surface area (Å²) >= 11 is 0. The van der Waals surface area contributed by atoms with Crippen molar-refractivity contribution in [2.75, 3.05) is 0 Å². The van der Waals surface area contributed by atoms with E-state index in [4.69, 9.17) is 5.11 Å². The van der Waals surface area contributed by atoms with Crippen LogP contribution in [0, 0.1) is 17.5 Å². The van der Waals surface area contributed by atoms with E-state index in [1.165, 1.54) is 30.5 Å². The van der Waals surface area contributed by atoms with Crippen molar-refractivity contribution in [3.8, 4) is 0 Å². The molecule has 1 heterocycles. The maximum Gasteiger partial charge on any atom is 0.304 e. The third-order valence-electron chi connectivity index (χ3n) is 3.77. The highest BCUT2D eigenvalue weighted by Crippen LogP contribution is 2.35. The topological polar surface area (TPSA) is 53.1 Å². The second-order valence-corrected chi connectivity index (χ2v) is 5.25. The summed E-state index contributed by atoms with van der Waals surface area (Å²) in [4.78, 5) is 14.0. The molecule has 2 N–H and O–H groups in total. The number of nitrogens with one attached hydrogen (secondary N) is 1. The number of aromatic amines is 1. The highest BCUT2D eigenvalue weighted by molar-refractivity contribution is 5.85. The first-order chi connectivity index (χ1) is 11.0. The lowest BCUT2D eigenvalue weighted by molar-refractivity contribution is -0.137. The second-order valence-electron chi connectivity index (χ2n) is 5.25. The number of H-pyrrole nitrogens is 1. The molecular formula is C17H12F3NO2. The Morgan fingerprint density at radius 1 is 1.04 bits per heavy atom. The molecule has 1 unspecified atom stereocenters. The zero-order valence-electron chi connectivity index (χ0n) is 11.8. The molecule has 118 valence electrons. The lowest BCUT2D eigenvalue weighted by Gasteiger charge is -2.16. The number of carbonyl (C=O) groups is 1. The van der Waals surface area contributed by atoms with Gasteiger partial charge in [-0.1, -0.05) is 6.07 Å². The number of carboxylic acids is 1. The van der Waals surface area contributed by atoms with Crippen molar-refractivity contribution < 1.29 is 23.1 Å². The van der Waals surface area contributed by atoms with E-state index in [2.05, 4.69) is 4.98 Å². The van der Waals surface area contributed by atoms with Crippen LogP contribution in [0.2, 0.25) is 0 Å². The highest BCUT2D eigenvalue weighted by atomic mass is 19.1. The van der Waals surface area contributed by atoms with Gasteiger partial charge >= 0.3 is 5.97 Å². The van der Waals surface area contributed by atoms with Gasteiger partial charge in [-0.05, 0) is 35.4 Å². The summed E-state index contributed by atoms with van der Waals surface area (Å²) in [5.41, 5.74) is 1.09. The molecule has 0 spiro atoms. The van der Waals surface area contributed by atoms with Crippen LogP contribution in [0.15, 0.2) is 42.6 Å². The van der Waals surface area contributed by atoms with Gasteiger partial charge in [-0.25, -0.2) is 13.2 Å². The van der Waals surface area contributed by atoms with Crippen LogP contribution in [0.25, 0.3) is 10.9 Å². The number of benzene rings is 2. The zero-order chi connectivity index (χ0) is 16.6. The molecule has 3 aromatic rings.